The summed E-state index contributed by atoms with van der Waals surface area (Å²) in [4.78, 5) is 11.6. The van der Waals surface area contributed by atoms with Crippen molar-refractivity contribution in [1.29, 1.82) is 0 Å². The van der Waals surface area contributed by atoms with Gasteiger partial charge in [0.05, 0.1) is 119 Å². The molecule has 0 heterocycles. The number of esters is 1. The average molecular weight is 681 g/mol. The van der Waals surface area contributed by atoms with Crippen molar-refractivity contribution >= 4 is 5.97 Å². The monoisotopic (exact) mass is 681 g/mol. The first-order chi connectivity index (χ1) is 23.0. The second-order valence-electron chi connectivity index (χ2n) is 12.4. The third-order valence-electron chi connectivity index (χ3n) is 6.74. The molecule has 282 valence electrons. The number of hydrogen-bond donors (Lipinski definition) is 0. The molecule has 0 aromatic rings. The minimum absolute atomic E-state index is 0.238. The first-order valence-corrected chi connectivity index (χ1v) is 18.4. The largest absolute Gasteiger partial charge is 0.460 e. The van der Waals surface area contributed by atoms with Gasteiger partial charge in [0.1, 0.15) is 5.60 Å². The number of ether oxygens (including phenoxy) is 10. The van der Waals surface area contributed by atoms with Crippen LogP contribution in [0.3, 0.4) is 0 Å². The molecule has 0 fully saturated rings. The van der Waals surface area contributed by atoms with Crippen molar-refractivity contribution in [2.75, 3.05) is 119 Å². The Labute approximate surface area is 287 Å². The molecular formula is C36H72O11. The Morgan fingerprint density at radius 2 is 0.617 bits per heavy atom. The van der Waals surface area contributed by atoms with Crippen LogP contribution in [0.15, 0.2) is 0 Å². The van der Waals surface area contributed by atoms with E-state index < -0.39 is 5.60 Å². The van der Waals surface area contributed by atoms with Crippen molar-refractivity contribution < 1.29 is 52.2 Å². The van der Waals surface area contributed by atoms with Gasteiger partial charge in [-0.25, -0.2) is 0 Å². The van der Waals surface area contributed by atoms with E-state index in [2.05, 4.69) is 6.92 Å². The van der Waals surface area contributed by atoms with E-state index in [0.29, 0.717) is 112 Å². The number of rotatable bonds is 39. The van der Waals surface area contributed by atoms with Crippen LogP contribution in [0.2, 0.25) is 0 Å². The first-order valence-electron chi connectivity index (χ1n) is 18.4. The van der Waals surface area contributed by atoms with Crippen LogP contribution < -0.4 is 0 Å². The molecule has 0 aromatic heterocycles. The summed E-state index contributed by atoms with van der Waals surface area (Å²) in [6, 6.07) is 0. The number of carbonyl (C=O) groups excluding carboxylic acids is 1. The highest BCUT2D eigenvalue weighted by atomic mass is 16.6. The number of hydrogen-bond acceptors (Lipinski definition) is 11. The molecule has 0 amide bonds. The highest BCUT2D eigenvalue weighted by molar-refractivity contribution is 5.69. The predicted octanol–water partition coefficient (Wildman–Crippen LogP) is 6.18. The standard InChI is InChI=1S/C36H72O11/c1-5-6-7-8-9-10-11-12-13-14-15-17-38-19-21-40-23-25-42-27-29-44-31-33-46-34-32-45-30-28-43-26-24-41-22-20-39-18-16-35(37)47-36(2,3)4/h5-34H2,1-4H3. The summed E-state index contributed by atoms with van der Waals surface area (Å²) >= 11 is 0. The molecule has 0 aromatic carbocycles. The van der Waals surface area contributed by atoms with Crippen molar-refractivity contribution in [3.8, 4) is 0 Å². The summed E-state index contributed by atoms with van der Waals surface area (Å²) in [5.41, 5.74) is -0.468. The molecule has 0 aliphatic heterocycles. The molecule has 0 spiro atoms. The SMILES string of the molecule is CCCCCCCCCCCCCOCCOCCOCCOCCOCCOCCOCCOCCOCCC(=O)OC(C)(C)C. The van der Waals surface area contributed by atoms with Gasteiger partial charge < -0.3 is 47.4 Å². The molecule has 0 unspecified atom stereocenters. The fraction of sp³-hybridized carbons (Fsp3) is 0.972. The summed E-state index contributed by atoms with van der Waals surface area (Å²) in [6.45, 7) is 17.3. The smallest absolute Gasteiger partial charge is 0.308 e. The van der Waals surface area contributed by atoms with Gasteiger partial charge in [0, 0.05) is 6.61 Å². The van der Waals surface area contributed by atoms with E-state index in [4.69, 9.17) is 47.4 Å². The molecule has 0 saturated heterocycles. The maximum absolute atomic E-state index is 11.6. The zero-order chi connectivity index (χ0) is 34.4. The lowest BCUT2D eigenvalue weighted by molar-refractivity contribution is -0.156. The van der Waals surface area contributed by atoms with Gasteiger partial charge in [-0.3, -0.25) is 4.79 Å². The molecule has 0 bridgehead atoms. The van der Waals surface area contributed by atoms with E-state index >= 15 is 0 Å². The Bertz CT molecular complexity index is 616. The fourth-order valence-corrected chi connectivity index (χ4v) is 4.28. The molecule has 0 rings (SSSR count). The third-order valence-corrected chi connectivity index (χ3v) is 6.74. The summed E-state index contributed by atoms with van der Waals surface area (Å²) in [6.07, 6.45) is 15.1. The maximum Gasteiger partial charge on any atom is 0.308 e. The van der Waals surface area contributed by atoms with Crippen molar-refractivity contribution in [3.05, 3.63) is 0 Å². The van der Waals surface area contributed by atoms with E-state index in [1.807, 2.05) is 20.8 Å². The molecule has 0 aliphatic carbocycles. The minimum Gasteiger partial charge on any atom is -0.460 e. The summed E-state index contributed by atoms with van der Waals surface area (Å²) in [7, 11) is 0. The van der Waals surface area contributed by atoms with Crippen LogP contribution in [-0.4, -0.2) is 130 Å². The van der Waals surface area contributed by atoms with E-state index in [1.165, 1.54) is 64.2 Å². The Morgan fingerprint density at radius 3 is 0.915 bits per heavy atom. The highest BCUT2D eigenvalue weighted by Gasteiger charge is 2.15. The van der Waals surface area contributed by atoms with Gasteiger partial charge in [-0.05, 0) is 27.2 Å². The fourth-order valence-electron chi connectivity index (χ4n) is 4.28. The van der Waals surface area contributed by atoms with E-state index in [9.17, 15) is 4.79 Å². The Balaban J connectivity index is 3.09. The average Bonchev–Trinajstić information content (AvgIpc) is 3.03. The molecule has 0 saturated carbocycles. The molecule has 0 atom stereocenters. The van der Waals surface area contributed by atoms with E-state index in [-0.39, 0.29) is 12.4 Å². The van der Waals surface area contributed by atoms with Crippen LogP contribution in [0.1, 0.15) is 105 Å². The molecule has 47 heavy (non-hydrogen) atoms. The number of carbonyl (C=O) groups is 1. The lowest BCUT2D eigenvalue weighted by Crippen LogP contribution is -2.24. The predicted molar refractivity (Wildman–Crippen MR) is 184 cm³/mol. The van der Waals surface area contributed by atoms with Crippen LogP contribution in [0, 0.1) is 0 Å². The van der Waals surface area contributed by atoms with E-state index in [0.717, 1.165) is 13.0 Å². The normalized spacial score (nSPS) is 11.8. The van der Waals surface area contributed by atoms with Gasteiger partial charge in [0.25, 0.3) is 0 Å². The molecular weight excluding hydrogens is 608 g/mol. The van der Waals surface area contributed by atoms with Gasteiger partial charge in [-0.1, -0.05) is 71.1 Å². The van der Waals surface area contributed by atoms with Gasteiger partial charge in [-0.2, -0.15) is 0 Å². The minimum atomic E-state index is -0.468. The van der Waals surface area contributed by atoms with Crippen molar-refractivity contribution in [2.45, 2.75) is 110 Å². The molecule has 0 radical (unpaired) electrons. The molecule has 0 N–H and O–H groups in total. The Kier molecular flexibility index (Phi) is 37.2. The number of unbranched alkanes of at least 4 members (excludes halogenated alkanes) is 10. The third kappa shape index (κ3) is 43.1. The Morgan fingerprint density at radius 1 is 0.362 bits per heavy atom. The summed E-state index contributed by atoms with van der Waals surface area (Å²) < 4.78 is 54.7. The topological polar surface area (TPSA) is 109 Å². The van der Waals surface area contributed by atoms with Crippen LogP contribution in [-0.2, 0) is 52.2 Å². The van der Waals surface area contributed by atoms with Crippen LogP contribution >= 0.6 is 0 Å². The van der Waals surface area contributed by atoms with Gasteiger partial charge >= 0.3 is 5.97 Å². The van der Waals surface area contributed by atoms with Crippen molar-refractivity contribution in [1.82, 2.24) is 0 Å². The second-order valence-corrected chi connectivity index (χ2v) is 12.4. The Hall–Kier alpha value is -0.890. The van der Waals surface area contributed by atoms with Gasteiger partial charge in [0.15, 0.2) is 0 Å². The van der Waals surface area contributed by atoms with Crippen LogP contribution in [0.4, 0.5) is 0 Å². The summed E-state index contributed by atoms with van der Waals surface area (Å²) in [5, 5.41) is 0. The zero-order valence-electron chi connectivity index (χ0n) is 30.7. The summed E-state index contributed by atoms with van der Waals surface area (Å²) in [5.74, 6) is -0.259. The lowest BCUT2D eigenvalue weighted by atomic mass is 10.1. The molecule has 11 heteroatoms. The van der Waals surface area contributed by atoms with Gasteiger partial charge in [-0.15, -0.1) is 0 Å². The van der Waals surface area contributed by atoms with E-state index in [1.54, 1.807) is 0 Å². The second kappa shape index (κ2) is 37.9. The van der Waals surface area contributed by atoms with Crippen LogP contribution in [0.5, 0.6) is 0 Å². The van der Waals surface area contributed by atoms with Crippen molar-refractivity contribution in [2.24, 2.45) is 0 Å². The van der Waals surface area contributed by atoms with Gasteiger partial charge in [0.2, 0.25) is 0 Å². The molecule has 11 nitrogen and oxygen atoms in total. The van der Waals surface area contributed by atoms with Crippen LogP contribution in [0.25, 0.3) is 0 Å². The lowest BCUT2D eigenvalue weighted by Gasteiger charge is -2.19. The highest BCUT2D eigenvalue weighted by Crippen LogP contribution is 2.11. The molecule has 0 aliphatic rings. The first kappa shape index (κ1) is 46.1. The quantitative estimate of drug-likeness (QED) is 0.0549. The van der Waals surface area contributed by atoms with Crippen molar-refractivity contribution in [3.63, 3.8) is 0 Å². The zero-order valence-corrected chi connectivity index (χ0v) is 30.7. The maximum atomic E-state index is 11.6.